The quantitative estimate of drug-likeness (QED) is 0.844. The molecule has 1 amide bonds. The minimum Gasteiger partial charge on any atom is -0.497 e. The standard InChI is InChI=1S/C16H21N3O4/c1-10(2)16-18-15(23-19-16)6-5-14(20)17-11-7-12(21-3)9-13(8-11)22-4/h7-10H,5-6H2,1-4H3,(H,17,20). The molecule has 0 aliphatic carbocycles. The molecule has 0 atom stereocenters. The van der Waals surface area contributed by atoms with Gasteiger partial charge < -0.3 is 19.3 Å². The van der Waals surface area contributed by atoms with Crippen molar-refractivity contribution in [2.45, 2.75) is 32.6 Å². The number of carbonyl (C=O) groups is 1. The third-order valence-electron chi connectivity index (χ3n) is 3.20. The predicted molar refractivity (Wildman–Crippen MR) is 84.9 cm³/mol. The van der Waals surface area contributed by atoms with Crippen molar-refractivity contribution in [3.63, 3.8) is 0 Å². The molecule has 2 aromatic rings. The fourth-order valence-electron chi connectivity index (χ4n) is 1.93. The van der Waals surface area contributed by atoms with Crippen molar-refractivity contribution >= 4 is 11.6 Å². The maximum absolute atomic E-state index is 12.0. The van der Waals surface area contributed by atoms with Gasteiger partial charge in [0, 0.05) is 42.6 Å². The summed E-state index contributed by atoms with van der Waals surface area (Å²) < 4.78 is 15.5. The smallest absolute Gasteiger partial charge is 0.227 e. The maximum Gasteiger partial charge on any atom is 0.227 e. The lowest BCUT2D eigenvalue weighted by molar-refractivity contribution is -0.116. The van der Waals surface area contributed by atoms with Crippen LogP contribution in [-0.2, 0) is 11.2 Å². The van der Waals surface area contributed by atoms with Gasteiger partial charge in [-0.3, -0.25) is 4.79 Å². The van der Waals surface area contributed by atoms with Crippen molar-refractivity contribution in [3.8, 4) is 11.5 Å². The lowest BCUT2D eigenvalue weighted by atomic mass is 10.2. The van der Waals surface area contributed by atoms with Crippen LogP contribution in [0, 0.1) is 0 Å². The zero-order chi connectivity index (χ0) is 16.8. The molecular formula is C16H21N3O4. The first-order chi connectivity index (χ1) is 11.0. The second-order valence-corrected chi connectivity index (χ2v) is 5.35. The van der Waals surface area contributed by atoms with Crippen molar-refractivity contribution in [1.82, 2.24) is 10.1 Å². The molecule has 2 rings (SSSR count). The van der Waals surface area contributed by atoms with E-state index in [0.29, 0.717) is 35.3 Å². The number of nitrogens with zero attached hydrogens (tertiary/aromatic N) is 2. The molecule has 7 heteroatoms. The molecule has 0 saturated carbocycles. The number of carbonyl (C=O) groups excluding carboxylic acids is 1. The van der Waals surface area contributed by atoms with Crippen LogP contribution in [0.25, 0.3) is 0 Å². The molecule has 7 nitrogen and oxygen atoms in total. The zero-order valence-corrected chi connectivity index (χ0v) is 13.8. The third-order valence-corrected chi connectivity index (χ3v) is 3.20. The van der Waals surface area contributed by atoms with Gasteiger partial charge in [0.25, 0.3) is 0 Å². The molecule has 124 valence electrons. The summed E-state index contributed by atoms with van der Waals surface area (Å²) in [4.78, 5) is 16.3. The van der Waals surface area contributed by atoms with Gasteiger partial charge in [0.2, 0.25) is 11.8 Å². The molecule has 0 bridgehead atoms. The SMILES string of the molecule is COc1cc(NC(=O)CCc2nc(C(C)C)no2)cc(OC)c1. The summed E-state index contributed by atoms with van der Waals surface area (Å²) in [7, 11) is 3.12. The van der Waals surface area contributed by atoms with E-state index >= 15 is 0 Å². The Balaban J connectivity index is 1.93. The highest BCUT2D eigenvalue weighted by Crippen LogP contribution is 2.25. The van der Waals surface area contributed by atoms with Crippen LogP contribution < -0.4 is 14.8 Å². The van der Waals surface area contributed by atoms with Crippen LogP contribution in [0.3, 0.4) is 0 Å². The second-order valence-electron chi connectivity index (χ2n) is 5.35. The van der Waals surface area contributed by atoms with Crippen molar-refractivity contribution in [2.24, 2.45) is 0 Å². The van der Waals surface area contributed by atoms with Gasteiger partial charge in [-0.25, -0.2) is 0 Å². The maximum atomic E-state index is 12.0. The summed E-state index contributed by atoms with van der Waals surface area (Å²) in [5, 5.41) is 6.67. The third kappa shape index (κ3) is 4.70. The van der Waals surface area contributed by atoms with Crippen molar-refractivity contribution < 1.29 is 18.8 Å². The van der Waals surface area contributed by atoms with E-state index < -0.39 is 0 Å². The minimum atomic E-state index is -0.149. The largest absolute Gasteiger partial charge is 0.497 e. The predicted octanol–water partition coefficient (Wildman–Crippen LogP) is 2.78. The van der Waals surface area contributed by atoms with Gasteiger partial charge in [-0.15, -0.1) is 0 Å². The Morgan fingerprint density at radius 1 is 1.22 bits per heavy atom. The summed E-state index contributed by atoms with van der Waals surface area (Å²) in [5.74, 6) is 2.39. The summed E-state index contributed by atoms with van der Waals surface area (Å²) >= 11 is 0. The van der Waals surface area contributed by atoms with Crippen molar-refractivity contribution in [2.75, 3.05) is 19.5 Å². The van der Waals surface area contributed by atoms with Gasteiger partial charge in [-0.05, 0) is 0 Å². The van der Waals surface area contributed by atoms with E-state index in [0.717, 1.165) is 0 Å². The molecule has 1 aromatic carbocycles. The molecule has 0 aliphatic rings. The highest BCUT2D eigenvalue weighted by atomic mass is 16.5. The molecule has 1 N–H and O–H groups in total. The van der Waals surface area contributed by atoms with Crippen LogP contribution in [0.15, 0.2) is 22.7 Å². The number of hydrogen-bond acceptors (Lipinski definition) is 6. The molecule has 0 unspecified atom stereocenters. The Morgan fingerprint density at radius 2 is 1.87 bits per heavy atom. The number of rotatable bonds is 7. The van der Waals surface area contributed by atoms with E-state index in [-0.39, 0.29) is 18.2 Å². The first-order valence-corrected chi connectivity index (χ1v) is 7.37. The lowest BCUT2D eigenvalue weighted by Crippen LogP contribution is -2.12. The Morgan fingerprint density at radius 3 is 2.39 bits per heavy atom. The fourth-order valence-corrected chi connectivity index (χ4v) is 1.93. The molecule has 23 heavy (non-hydrogen) atoms. The van der Waals surface area contributed by atoms with Gasteiger partial charge >= 0.3 is 0 Å². The number of amides is 1. The number of ether oxygens (including phenoxy) is 2. The first-order valence-electron chi connectivity index (χ1n) is 7.37. The Labute approximate surface area is 135 Å². The average Bonchev–Trinajstić information content (AvgIpc) is 3.01. The van der Waals surface area contributed by atoms with Gasteiger partial charge in [0.1, 0.15) is 11.5 Å². The Kier molecular flexibility index (Phi) is 5.56. The summed E-state index contributed by atoms with van der Waals surface area (Å²) in [6, 6.07) is 5.19. The van der Waals surface area contributed by atoms with Crippen LogP contribution in [0.4, 0.5) is 5.69 Å². The number of aromatic nitrogens is 2. The lowest BCUT2D eigenvalue weighted by Gasteiger charge is -2.09. The van der Waals surface area contributed by atoms with Gasteiger partial charge in [-0.1, -0.05) is 19.0 Å². The summed E-state index contributed by atoms with van der Waals surface area (Å²) in [5.41, 5.74) is 0.611. The highest BCUT2D eigenvalue weighted by Gasteiger charge is 2.12. The van der Waals surface area contributed by atoms with E-state index in [2.05, 4.69) is 15.5 Å². The van der Waals surface area contributed by atoms with Crippen molar-refractivity contribution in [3.05, 3.63) is 29.9 Å². The summed E-state index contributed by atoms with van der Waals surface area (Å²) in [6.07, 6.45) is 0.645. The Bertz CT molecular complexity index is 645. The molecule has 0 fully saturated rings. The minimum absolute atomic E-state index is 0.149. The molecular weight excluding hydrogens is 298 g/mol. The van der Waals surface area contributed by atoms with E-state index in [4.69, 9.17) is 14.0 Å². The highest BCUT2D eigenvalue weighted by molar-refractivity contribution is 5.91. The van der Waals surface area contributed by atoms with Crippen LogP contribution in [0.2, 0.25) is 0 Å². The van der Waals surface area contributed by atoms with Gasteiger partial charge in [-0.2, -0.15) is 4.98 Å². The van der Waals surface area contributed by atoms with Gasteiger partial charge in [0.05, 0.1) is 14.2 Å². The number of hydrogen-bond donors (Lipinski definition) is 1. The van der Waals surface area contributed by atoms with E-state index in [1.165, 1.54) is 0 Å². The number of methoxy groups -OCH3 is 2. The number of nitrogens with one attached hydrogen (secondary N) is 1. The van der Waals surface area contributed by atoms with Crippen LogP contribution >= 0.6 is 0 Å². The van der Waals surface area contributed by atoms with Crippen LogP contribution in [-0.4, -0.2) is 30.3 Å². The molecule has 0 radical (unpaired) electrons. The zero-order valence-electron chi connectivity index (χ0n) is 13.8. The van der Waals surface area contributed by atoms with Gasteiger partial charge in [0.15, 0.2) is 5.82 Å². The van der Waals surface area contributed by atoms with Crippen LogP contribution in [0.1, 0.15) is 37.9 Å². The molecule has 0 saturated heterocycles. The van der Waals surface area contributed by atoms with E-state index in [1.54, 1.807) is 32.4 Å². The Hall–Kier alpha value is -2.57. The normalized spacial score (nSPS) is 10.7. The second kappa shape index (κ2) is 7.62. The molecule has 1 aromatic heterocycles. The van der Waals surface area contributed by atoms with Crippen molar-refractivity contribution in [1.29, 1.82) is 0 Å². The van der Waals surface area contributed by atoms with Crippen LogP contribution in [0.5, 0.6) is 11.5 Å². The monoisotopic (exact) mass is 319 g/mol. The number of aryl methyl sites for hydroxylation is 1. The average molecular weight is 319 g/mol. The topological polar surface area (TPSA) is 86.5 Å². The summed E-state index contributed by atoms with van der Waals surface area (Å²) in [6.45, 7) is 3.97. The molecule has 1 heterocycles. The van der Waals surface area contributed by atoms with E-state index in [1.807, 2.05) is 13.8 Å². The fraction of sp³-hybridized carbons (Fsp3) is 0.438. The van der Waals surface area contributed by atoms with E-state index in [9.17, 15) is 4.79 Å². The number of anilines is 1. The molecule has 0 aliphatic heterocycles. The first kappa shape index (κ1) is 16.8. The molecule has 0 spiro atoms. The number of benzene rings is 1.